The number of thioether (sulfide) groups is 1. The van der Waals surface area contributed by atoms with Gasteiger partial charge in [-0.2, -0.15) is 0 Å². The highest BCUT2D eigenvalue weighted by Gasteiger charge is 2.32. The lowest BCUT2D eigenvalue weighted by Gasteiger charge is -2.19. The second-order valence-corrected chi connectivity index (χ2v) is 7.73. The molecule has 0 spiro atoms. The summed E-state index contributed by atoms with van der Waals surface area (Å²) >= 11 is 1.59. The van der Waals surface area contributed by atoms with Crippen molar-refractivity contribution < 1.29 is 14.3 Å². The van der Waals surface area contributed by atoms with E-state index in [9.17, 15) is 4.79 Å². The van der Waals surface area contributed by atoms with Crippen molar-refractivity contribution >= 4 is 34.6 Å². The summed E-state index contributed by atoms with van der Waals surface area (Å²) in [4.78, 5) is 19.4. The van der Waals surface area contributed by atoms with Crippen molar-refractivity contribution in [3.63, 3.8) is 0 Å². The molecule has 1 aliphatic heterocycles. The Kier molecular flexibility index (Phi) is 6.41. The fraction of sp³-hybridized carbons (Fsp3) is 0.273. The van der Waals surface area contributed by atoms with Crippen LogP contribution in [0.2, 0.25) is 0 Å². The zero-order valence-electron chi connectivity index (χ0n) is 16.5. The molecule has 0 aliphatic carbocycles. The molecule has 6 heteroatoms. The minimum absolute atomic E-state index is 0.143. The van der Waals surface area contributed by atoms with Crippen LogP contribution >= 0.6 is 11.8 Å². The molecule has 1 heterocycles. The van der Waals surface area contributed by atoms with Gasteiger partial charge >= 0.3 is 0 Å². The molecule has 0 saturated carbocycles. The topological polar surface area (TPSA) is 51.1 Å². The number of nitrogens with zero attached hydrogens (tertiary/aromatic N) is 2. The van der Waals surface area contributed by atoms with E-state index in [0.29, 0.717) is 22.5 Å². The van der Waals surface area contributed by atoms with Crippen LogP contribution in [0, 0.1) is 5.92 Å². The third-order valence-electron chi connectivity index (χ3n) is 4.11. The van der Waals surface area contributed by atoms with E-state index in [-0.39, 0.29) is 5.91 Å². The van der Waals surface area contributed by atoms with Crippen molar-refractivity contribution in [3.05, 3.63) is 59.8 Å². The number of amides is 1. The summed E-state index contributed by atoms with van der Waals surface area (Å²) in [6.07, 6.45) is 1.80. The highest BCUT2D eigenvalue weighted by molar-refractivity contribution is 8.14. The zero-order chi connectivity index (χ0) is 20.1. The van der Waals surface area contributed by atoms with Gasteiger partial charge < -0.3 is 9.47 Å². The lowest BCUT2D eigenvalue weighted by atomic mass is 10.2. The SMILES string of the molecule is COc1ccc(C=C2N=C(SCC(C)C)N(c3cccc(OC)c3)C2=O)cc1. The standard InChI is InChI=1S/C22H24N2O3S/c1-15(2)14-28-22-23-20(12-16-8-10-18(26-3)11-9-16)21(25)24(22)17-6-5-7-19(13-17)27-4/h5-13,15H,14H2,1-4H3. The third-order valence-corrected chi connectivity index (χ3v) is 5.47. The van der Waals surface area contributed by atoms with E-state index in [4.69, 9.17) is 9.47 Å². The van der Waals surface area contributed by atoms with E-state index < -0.39 is 0 Å². The Labute approximate surface area is 170 Å². The first kappa shape index (κ1) is 20.0. The van der Waals surface area contributed by atoms with Crippen LogP contribution in [0.1, 0.15) is 19.4 Å². The van der Waals surface area contributed by atoms with Gasteiger partial charge in [0.2, 0.25) is 0 Å². The Bertz CT molecular complexity index is 904. The van der Waals surface area contributed by atoms with Crippen LogP contribution in [0.25, 0.3) is 6.08 Å². The van der Waals surface area contributed by atoms with E-state index in [0.717, 1.165) is 22.8 Å². The number of benzene rings is 2. The van der Waals surface area contributed by atoms with Gasteiger partial charge in [-0.05, 0) is 41.8 Å². The highest BCUT2D eigenvalue weighted by Crippen LogP contribution is 2.32. The van der Waals surface area contributed by atoms with Crippen LogP contribution in [-0.2, 0) is 4.79 Å². The molecule has 0 radical (unpaired) electrons. The monoisotopic (exact) mass is 396 g/mol. The predicted molar refractivity (Wildman–Crippen MR) is 116 cm³/mol. The van der Waals surface area contributed by atoms with Crippen LogP contribution < -0.4 is 14.4 Å². The van der Waals surface area contributed by atoms with Gasteiger partial charge in [-0.1, -0.05) is 43.8 Å². The van der Waals surface area contributed by atoms with Gasteiger partial charge in [-0.25, -0.2) is 4.99 Å². The molecule has 0 unspecified atom stereocenters. The van der Waals surface area contributed by atoms with Crippen LogP contribution in [0.3, 0.4) is 0 Å². The summed E-state index contributed by atoms with van der Waals surface area (Å²) in [6.45, 7) is 4.29. The molecule has 0 bridgehead atoms. The number of hydrogen-bond donors (Lipinski definition) is 0. The Morgan fingerprint density at radius 1 is 1.07 bits per heavy atom. The zero-order valence-corrected chi connectivity index (χ0v) is 17.3. The summed E-state index contributed by atoms with van der Waals surface area (Å²) in [5.41, 5.74) is 2.06. The van der Waals surface area contributed by atoms with Gasteiger partial charge in [0.1, 0.15) is 17.2 Å². The maximum Gasteiger partial charge on any atom is 0.283 e. The van der Waals surface area contributed by atoms with Crippen LogP contribution in [0.15, 0.2) is 59.2 Å². The normalized spacial score (nSPS) is 15.3. The minimum atomic E-state index is -0.143. The number of hydrogen-bond acceptors (Lipinski definition) is 5. The summed E-state index contributed by atoms with van der Waals surface area (Å²) in [6, 6.07) is 15.0. The molecule has 2 aromatic carbocycles. The molecule has 1 amide bonds. The molecule has 0 atom stereocenters. The number of aliphatic imine (C=N–C) groups is 1. The molecule has 3 rings (SSSR count). The first-order valence-corrected chi connectivity index (χ1v) is 10.1. The molecule has 0 saturated heterocycles. The van der Waals surface area contributed by atoms with Crippen molar-refractivity contribution in [2.45, 2.75) is 13.8 Å². The van der Waals surface area contributed by atoms with E-state index >= 15 is 0 Å². The van der Waals surface area contributed by atoms with Gasteiger partial charge in [0.05, 0.1) is 19.9 Å². The number of anilines is 1. The number of ether oxygens (including phenoxy) is 2. The van der Waals surface area contributed by atoms with Crippen molar-refractivity contribution in [1.29, 1.82) is 0 Å². The van der Waals surface area contributed by atoms with Crippen molar-refractivity contribution in [2.24, 2.45) is 10.9 Å². The average molecular weight is 397 g/mol. The number of carbonyl (C=O) groups is 1. The minimum Gasteiger partial charge on any atom is -0.497 e. The lowest BCUT2D eigenvalue weighted by Crippen LogP contribution is -2.30. The smallest absolute Gasteiger partial charge is 0.283 e. The molecule has 146 valence electrons. The first-order valence-electron chi connectivity index (χ1n) is 9.07. The van der Waals surface area contributed by atoms with Gasteiger partial charge in [-0.3, -0.25) is 9.69 Å². The molecule has 28 heavy (non-hydrogen) atoms. The Balaban J connectivity index is 1.95. The van der Waals surface area contributed by atoms with E-state index in [2.05, 4.69) is 18.8 Å². The average Bonchev–Trinajstić information content (AvgIpc) is 3.02. The van der Waals surface area contributed by atoms with Gasteiger partial charge in [0, 0.05) is 11.8 Å². The third kappa shape index (κ3) is 4.57. The quantitative estimate of drug-likeness (QED) is 0.656. The fourth-order valence-corrected chi connectivity index (χ4v) is 3.63. The number of carbonyl (C=O) groups excluding carboxylic acids is 1. The van der Waals surface area contributed by atoms with Crippen LogP contribution in [0.5, 0.6) is 11.5 Å². The maximum atomic E-state index is 13.2. The number of amidine groups is 1. The number of methoxy groups -OCH3 is 2. The summed E-state index contributed by atoms with van der Waals surface area (Å²) in [5, 5.41) is 0.687. The van der Waals surface area contributed by atoms with E-state index in [1.165, 1.54) is 0 Å². The first-order chi connectivity index (χ1) is 13.5. The second kappa shape index (κ2) is 8.97. The van der Waals surface area contributed by atoms with Crippen LogP contribution in [0.4, 0.5) is 5.69 Å². The van der Waals surface area contributed by atoms with E-state index in [1.807, 2.05) is 48.5 Å². The fourth-order valence-electron chi connectivity index (χ4n) is 2.67. The van der Waals surface area contributed by atoms with Crippen molar-refractivity contribution in [1.82, 2.24) is 0 Å². The molecular weight excluding hydrogens is 372 g/mol. The maximum absolute atomic E-state index is 13.2. The Hall–Kier alpha value is -2.73. The molecule has 1 aliphatic rings. The Morgan fingerprint density at radius 2 is 1.79 bits per heavy atom. The molecule has 0 aromatic heterocycles. The molecule has 5 nitrogen and oxygen atoms in total. The summed E-state index contributed by atoms with van der Waals surface area (Å²) in [5.74, 6) is 2.70. The van der Waals surface area contributed by atoms with Gasteiger partial charge in [-0.15, -0.1) is 0 Å². The van der Waals surface area contributed by atoms with Gasteiger partial charge in [0.15, 0.2) is 5.17 Å². The molecule has 2 aromatic rings. The lowest BCUT2D eigenvalue weighted by molar-refractivity contribution is -0.113. The second-order valence-electron chi connectivity index (χ2n) is 6.74. The predicted octanol–water partition coefficient (Wildman–Crippen LogP) is 4.84. The molecule has 0 N–H and O–H groups in total. The Morgan fingerprint density at radius 3 is 2.43 bits per heavy atom. The van der Waals surface area contributed by atoms with Gasteiger partial charge in [0.25, 0.3) is 5.91 Å². The summed E-state index contributed by atoms with van der Waals surface area (Å²) in [7, 11) is 3.24. The van der Waals surface area contributed by atoms with Crippen molar-refractivity contribution in [3.8, 4) is 11.5 Å². The summed E-state index contributed by atoms with van der Waals surface area (Å²) < 4.78 is 10.5. The molecular formula is C22H24N2O3S. The van der Waals surface area contributed by atoms with E-state index in [1.54, 1.807) is 37.0 Å². The van der Waals surface area contributed by atoms with Crippen LogP contribution in [-0.4, -0.2) is 31.0 Å². The highest BCUT2D eigenvalue weighted by atomic mass is 32.2. The largest absolute Gasteiger partial charge is 0.497 e. The molecule has 0 fully saturated rings. The van der Waals surface area contributed by atoms with Crippen molar-refractivity contribution in [2.75, 3.05) is 24.9 Å². The number of rotatable bonds is 6.